The van der Waals surface area contributed by atoms with Crippen LogP contribution in [0.3, 0.4) is 0 Å². The van der Waals surface area contributed by atoms with Crippen LogP contribution in [0.15, 0.2) is 36.4 Å². The van der Waals surface area contributed by atoms with Gasteiger partial charge in [-0.3, -0.25) is 9.59 Å². The Hall–Kier alpha value is -2.82. The molecule has 5 nitrogen and oxygen atoms in total. The van der Waals surface area contributed by atoms with Gasteiger partial charge in [-0.25, -0.2) is 0 Å². The Bertz CT molecular complexity index is 992. The van der Waals surface area contributed by atoms with Crippen molar-refractivity contribution in [2.24, 2.45) is 0 Å². The van der Waals surface area contributed by atoms with Gasteiger partial charge < -0.3 is 15.1 Å². The quantitative estimate of drug-likeness (QED) is 0.739. The van der Waals surface area contributed by atoms with Crippen molar-refractivity contribution in [1.82, 2.24) is 10.2 Å². The van der Waals surface area contributed by atoms with E-state index in [0.29, 0.717) is 13.1 Å². The van der Waals surface area contributed by atoms with E-state index < -0.39 is 11.8 Å². The average molecular weight is 434 g/mol. The largest absolute Gasteiger partial charge is 0.368 e. The molecular weight excluding hydrogens is 398 g/mol. The van der Waals surface area contributed by atoms with Crippen molar-refractivity contribution >= 4 is 17.5 Å². The molecular formula is C27H35N3O2. The van der Waals surface area contributed by atoms with Gasteiger partial charge in [-0.2, -0.15) is 0 Å². The Morgan fingerprint density at radius 3 is 2.41 bits per heavy atom. The minimum Gasteiger partial charge on any atom is -0.368 e. The van der Waals surface area contributed by atoms with Crippen LogP contribution < -0.4 is 10.2 Å². The third kappa shape index (κ3) is 4.67. The third-order valence-corrected chi connectivity index (χ3v) is 7.17. The summed E-state index contributed by atoms with van der Waals surface area (Å²) in [5.74, 6) is -0.906. The first kappa shape index (κ1) is 22.4. The molecule has 2 amide bonds. The number of carbonyl (C=O) groups excluding carboxylic acids is 2. The summed E-state index contributed by atoms with van der Waals surface area (Å²) in [6.07, 6.45) is 5.50. The average Bonchev–Trinajstić information content (AvgIpc) is 2.83. The first-order chi connectivity index (χ1) is 15.5. The molecule has 0 saturated carbocycles. The monoisotopic (exact) mass is 433 g/mol. The van der Waals surface area contributed by atoms with E-state index in [0.717, 1.165) is 37.9 Å². The van der Waals surface area contributed by atoms with E-state index >= 15 is 0 Å². The zero-order chi connectivity index (χ0) is 22.7. The van der Waals surface area contributed by atoms with Gasteiger partial charge in [0.25, 0.3) is 0 Å². The highest BCUT2D eigenvalue weighted by molar-refractivity contribution is 6.35. The molecule has 0 bridgehead atoms. The van der Waals surface area contributed by atoms with E-state index in [-0.39, 0.29) is 6.04 Å². The molecule has 4 rings (SSSR count). The molecule has 1 aliphatic heterocycles. The Morgan fingerprint density at radius 1 is 0.969 bits per heavy atom. The number of benzene rings is 2. The van der Waals surface area contributed by atoms with E-state index in [4.69, 9.17) is 0 Å². The molecule has 1 N–H and O–H groups in total. The van der Waals surface area contributed by atoms with Gasteiger partial charge in [0.15, 0.2) is 0 Å². The van der Waals surface area contributed by atoms with E-state index in [1.807, 2.05) is 0 Å². The number of fused-ring (bicyclic) bond motifs is 1. The highest BCUT2D eigenvalue weighted by atomic mass is 16.2. The normalized spacial score (nSPS) is 17.0. The molecule has 5 heteroatoms. The number of aryl methyl sites for hydroxylation is 3. The summed E-state index contributed by atoms with van der Waals surface area (Å²) in [6, 6.07) is 12.8. The number of hydrogen-bond donors (Lipinski definition) is 1. The van der Waals surface area contributed by atoms with Crippen molar-refractivity contribution in [3.8, 4) is 0 Å². The third-order valence-electron chi connectivity index (χ3n) is 7.17. The van der Waals surface area contributed by atoms with Gasteiger partial charge in [0.05, 0.1) is 6.04 Å². The maximum atomic E-state index is 12.9. The van der Waals surface area contributed by atoms with Crippen molar-refractivity contribution in [3.05, 3.63) is 64.2 Å². The zero-order valence-corrected chi connectivity index (χ0v) is 19.6. The van der Waals surface area contributed by atoms with Crippen LogP contribution in [0.4, 0.5) is 5.69 Å². The van der Waals surface area contributed by atoms with Crippen molar-refractivity contribution in [2.45, 2.75) is 58.9 Å². The van der Waals surface area contributed by atoms with Crippen LogP contribution in [-0.2, 0) is 22.4 Å². The molecule has 1 unspecified atom stereocenters. The number of carbonyl (C=O) groups is 2. The number of nitrogens with zero attached hydrogens (tertiary/aromatic N) is 2. The second kappa shape index (κ2) is 9.76. The Morgan fingerprint density at radius 2 is 1.69 bits per heavy atom. The molecule has 32 heavy (non-hydrogen) atoms. The lowest BCUT2D eigenvalue weighted by Gasteiger charge is -2.37. The molecule has 0 spiro atoms. The van der Waals surface area contributed by atoms with Crippen molar-refractivity contribution < 1.29 is 9.59 Å². The fraction of sp³-hybridized carbons (Fsp3) is 0.481. The lowest BCUT2D eigenvalue weighted by atomic mass is 9.89. The van der Waals surface area contributed by atoms with Gasteiger partial charge in [0.2, 0.25) is 0 Å². The number of amides is 2. The summed E-state index contributed by atoms with van der Waals surface area (Å²) in [4.78, 5) is 29.7. The maximum Gasteiger partial charge on any atom is 0.312 e. The van der Waals surface area contributed by atoms with Gasteiger partial charge in [0, 0.05) is 31.9 Å². The first-order valence-electron chi connectivity index (χ1n) is 12.0. The van der Waals surface area contributed by atoms with Crippen LogP contribution in [-0.4, -0.2) is 42.9 Å². The summed E-state index contributed by atoms with van der Waals surface area (Å²) in [5.41, 5.74) is 7.71. The number of anilines is 1. The standard InChI is InChI=1S/C27H35N3O2/c1-4-24(23-13-12-21-9-5-6-10-22(21)18-23)28-26(31)27(32)30-16-14-29(15-17-30)25-11-7-8-19(2)20(25)3/h7-8,11-13,18,24H,4-6,9-10,14-17H2,1-3H3,(H,28,31). The molecule has 1 fully saturated rings. The van der Waals surface area contributed by atoms with Crippen LogP contribution in [0.2, 0.25) is 0 Å². The predicted molar refractivity (Wildman–Crippen MR) is 129 cm³/mol. The molecule has 170 valence electrons. The van der Waals surface area contributed by atoms with Gasteiger partial charge in [-0.1, -0.05) is 37.3 Å². The van der Waals surface area contributed by atoms with Gasteiger partial charge in [0.1, 0.15) is 0 Å². The summed E-state index contributed by atoms with van der Waals surface area (Å²) in [5, 5.41) is 3.00. The van der Waals surface area contributed by atoms with Crippen LogP contribution in [0, 0.1) is 13.8 Å². The first-order valence-corrected chi connectivity index (χ1v) is 12.0. The number of nitrogens with one attached hydrogen (secondary N) is 1. The number of hydrogen-bond acceptors (Lipinski definition) is 3. The SMILES string of the molecule is CCC(NC(=O)C(=O)N1CCN(c2cccc(C)c2C)CC1)c1ccc2c(c1)CCCC2. The van der Waals surface area contributed by atoms with Crippen LogP contribution in [0.5, 0.6) is 0 Å². The Balaban J connectivity index is 1.36. The van der Waals surface area contributed by atoms with Crippen molar-refractivity contribution in [1.29, 1.82) is 0 Å². The number of rotatable bonds is 4. The van der Waals surface area contributed by atoms with E-state index in [1.165, 1.54) is 40.8 Å². The smallest absolute Gasteiger partial charge is 0.312 e. The Kier molecular flexibility index (Phi) is 6.83. The van der Waals surface area contributed by atoms with E-state index in [9.17, 15) is 9.59 Å². The summed E-state index contributed by atoms with van der Waals surface area (Å²) in [7, 11) is 0. The zero-order valence-electron chi connectivity index (χ0n) is 19.6. The molecule has 1 saturated heterocycles. The lowest BCUT2D eigenvalue weighted by Crippen LogP contribution is -2.53. The van der Waals surface area contributed by atoms with Gasteiger partial charge in [-0.15, -0.1) is 0 Å². The Labute approximate surface area is 191 Å². The van der Waals surface area contributed by atoms with Crippen molar-refractivity contribution in [3.63, 3.8) is 0 Å². The lowest BCUT2D eigenvalue weighted by molar-refractivity contribution is -0.146. The topological polar surface area (TPSA) is 52.7 Å². The second-order valence-corrected chi connectivity index (χ2v) is 9.17. The van der Waals surface area contributed by atoms with E-state index in [2.05, 4.69) is 67.4 Å². The van der Waals surface area contributed by atoms with Gasteiger partial charge in [-0.05, 0) is 79.8 Å². The molecule has 1 aliphatic carbocycles. The van der Waals surface area contributed by atoms with Crippen molar-refractivity contribution in [2.75, 3.05) is 31.1 Å². The molecule has 1 heterocycles. The molecule has 2 aromatic rings. The molecule has 1 atom stereocenters. The van der Waals surface area contributed by atoms with Crippen LogP contribution in [0.1, 0.15) is 60.0 Å². The predicted octanol–water partition coefficient (Wildman–Crippen LogP) is 4.10. The summed E-state index contributed by atoms with van der Waals surface area (Å²) < 4.78 is 0. The van der Waals surface area contributed by atoms with Crippen LogP contribution >= 0.6 is 0 Å². The second-order valence-electron chi connectivity index (χ2n) is 9.17. The molecule has 0 radical (unpaired) electrons. The highest BCUT2D eigenvalue weighted by Gasteiger charge is 2.28. The molecule has 0 aromatic heterocycles. The highest BCUT2D eigenvalue weighted by Crippen LogP contribution is 2.26. The van der Waals surface area contributed by atoms with E-state index in [1.54, 1.807) is 4.90 Å². The fourth-order valence-electron chi connectivity index (χ4n) is 4.98. The minimum absolute atomic E-state index is 0.130. The summed E-state index contributed by atoms with van der Waals surface area (Å²) >= 11 is 0. The van der Waals surface area contributed by atoms with Gasteiger partial charge >= 0.3 is 11.8 Å². The maximum absolute atomic E-state index is 12.9. The summed E-state index contributed by atoms with van der Waals surface area (Å²) in [6.45, 7) is 8.93. The molecule has 2 aromatic carbocycles. The molecule has 2 aliphatic rings. The fourth-order valence-corrected chi connectivity index (χ4v) is 4.98. The minimum atomic E-state index is -0.491. The number of piperazine rings is 1. The van der Waals surface area contributed by atoms with Crippen LogP contribution in [0.25, 0.3) is 0 Å².